The number of oxazole rings is 1. The van der Waals surface area contributed by atoms with E-state index < -0.39 is 0 Å². The van der Waals surface area contributed by atoms with Crippen LogP contribution in [0.1, 0.15) is 24.1 Å². The Morgan fingerprint density at radius 2 is 1.90 bits per heavy atom. The van der Waals surface area contributed by atoms with Crippen molar-refractivity contribution in [1.82, 2.24) is 4.98 Å². The van der Waals surface area contributed by atoms with Gasteiger partial charge in [0, 0.05) is 11.8 Å². The third kappa shape index (κ3) is 2.45. The van der Waals surface area contributed by atoms with Gasteiger partial charge in [-0.25, -0.2) is 0 Å². The lowest BCUT2D eigenvalue weighted by molar-refractivity contribution is 0.604. The SMILES string of the molecule is Cc1ccc(C(C)Nc2nc3ccc(N)cc3o2)cc1. The third-order valence-corrected chi connectivity index (χ3v) is 3.33. The number of anilines is 2. The number of nitrogens with two attached hydrogens (primary N) is 1. The molecule has 0 saturated heterocycles. The molecule has 20 heavy (non-hydrogen) atoms. The number of hydrogen-bond donors (Lipinski definition) is 2. The molecule has 3 rings (SSSR count). The number of rotatable bonds is 3. The fraction of sp³-hybridized carbons (Fsp3) is 0.188. The molecule has 1 aromatic heterocycles. The second kappa shape index (κ2) is 4.89. The lowest BCUT2D eigenvalue weighted by atomic mass is 10.1. The van der Waals surface area contributed by atoms with E-state index in [9.17, 15) is 0 Å². The summed E-state index contributed by atoms with van der Waals surface area (Å²) in [4.78, 5) is 4.40. The molecular formula is C16H17N3O. The Kier molecular flexibility index (Phi) is 3.06. The molecule has 0 amide bonds. The van der Waals surface area contributed by atoms with Crippen LogP contribution < -0.4 is 11.1 Å². The minimum Gasteiger partial charge on any atom is -0.423 e. The van der Waals surface area contributed by atoms with E-state index in [0.717, 1.165) is 5.52 Å². The molecule has 4 heteroatoms. The topological polar surface area (TPSA) is 64.1 Å². The lowest BCUT2D eigenvalue weighted by Crippen LogP contribution is -2.06. The third-order valence-electron chi connectivity index (χ3n) is 3.33. The van der Waals surface area contributed by atoms with E-state index >= 15 is 0 Å². The molecule has 0 aliphatic carbocycles. The summed E-state index contributed by atoms with van der Waals surface area (Å²) in [5.41, 5.74) is 10.3. The summed E-state index contributed by atoms with van der Waals surface area (Å²) in [6.45, 7) is 4.15. The minimum absolute atomic E-state index is 0.126. The van der Waals surface area contributed by atoms with Crippen molar-refractivity contribution in [3.8, 4) is 0 Å². The number of aromatic nitrogens is 1. The molecule has 0 aliphatic rings. The Balaban J connectivity index is 1.83. The highest BCUT2D eigenvalue weighted by Gasteiger charge is 2.10. The monoisotopic (exact) mass is 267 g/mol. The molecule has 4 nitrogen and oxygen atoms in total. The zero-order chi connectivity index (χ0) is 14.1. The minimum atomic E-state index is 0.126. The highest BCUT2D eigenvalue weighted by molar-refractivity contribution is 5.78. The molecule has 3 aromatic rings. The van der Waals surface area contributed by atoms with E-state index in [2.05, 4.69) is 48.4 Å². The van der Waals surface area contributed by atoms with Crippen LogP contribution in [0.5, 0.6) is 0 Å². The van der Waals surface area contributed by atoms with E-state index in [1.165, 1.54) is 11.1 Å². The van der Waals surface area contributed by atoms with Gasteiger partial charge in [-0.3, -0.25) is 0 Å². The van der Waals surface area contributed by atoms with E-state index in [0.29, 0.717) is 17.3 Å². The van der Waals surface area contributed by atoms with Gasteiger partial charge in [0.15, 0.2) is 5.58 Å². The van der Waals surface area contributed by atoms with Crippen molar-refractivity contribution in [2.45, 2.75) is 19.9 Å². The Morgan fingerprint density at radius 1 is 1.15 bits per heavy atom. The number of benzene rings is 2. The molecule has 0 radical (unpaired) electrons. The van der Waals surface area contributed by atoms with Gasteiger partial charge in [-0.15, -0.1) is 0 Å². The zero-order valence-corrected chi connectivity index (χ0v) is 11.6. The van der Waals surface area contributed by atoms with Crippen LogP contribution in [-0.2, 0) is 0 Å². The summed E-state index contributed by atoms with van der Waals surface area (Å²) in [6, 6.07) is 14.5. The molecule has 3 N–H and O–H groups in total. The number of aryl methyl sites for hydroxylation is 1. The van der Waals surface area contributed by atoms with Crippen LogP contribution >= 0.6 is 0 Å². The predicted molar refractivity (Wildman–Crippen MR) is 81.6 cm³/mol. The molecule has 1 heterocycles. The van der Waals surface area contributed by atoms with Gasteiger partial charge < -0.3 is 15.5 Å². The summed E-state index contributed by atoms with van der Waals surface area (Å²) in [7, 11) is 0. The Hall–Kier alpha value is -2.49. The molecule has 102 valence electrons. The van der Waals surface area contributed by atoms with Crippen LogP contribution in [0.15, 0.2) is 46.9 Å². The molecular weight excluding hydrogens is 250 g/mol. The van der Waals surface area contributed by atoms with Crippen LogP contribution in [0, 0.1) is 6.92 Å². The van der Waals surface area contributed by atoms with Crippen LogP contribution in [0.3, 0.4) is 0 Å². The highest BCUT2D eigenvalue weighted by Crippen LogP contribution is 2.24. The molecule has 0 bridgehead atoms. The number of hydrogen-bond acceptors (Lipinski definition) is 4. The molecule has 1 atom stereocenters. The van der Waals surface area contributed by atoms with E-state index in [-0.39, 0.29) is 6.04 Å². The maximum Gasteiger partial charge on any atom is 0.296 e. The van der Waals surface area contributed by atoms with Gasteiger partial charge in [0.2, 0.25) is 0 Å². The summed E-state index contributed by atoms with van der Waals surface area (Å²) < 4.78 is 5.66. The second-order valence-corrected chi connectivity index (χ2v) is 5.02. The first kappa shape index (κ1) is 12.5. The van der Waals surface area contributed by atoms with Gasteiger partial charge in [0.25, 0.3) is 6.01 Å². The number of nitrogens with zero attached hydrogens (tertiary/aromatic N) is 1. The maximum absolute atomic E-state index is 5.73. The van der Waals surface area contributed by atoms with Crippen LogP contribution in [0.4, 0.5) is 11.7 Å². The summed E-state index contributed by atoms with van der Waals surface area (Å²) in [6.07, 6.45) is 0. The Bertz CT molecular complexity index is 731. The van der Waals surface area contributed by atoms with Crippen molar-refractivity contribution in [2.24, 2.45) is 0 Å². The van der Waals surface area contributed by atoms with Crippen molar-refractivity contribution >= 4 is 22.8 Å². The van der Waals surface area contributed by atoms with Gasteiger partial charge >= 0.3 is 0 Å². The average molecular weight is 267 g/mol. The first-order valence-electron chi connectivity index (χ1n) is 6.61. The first-order chi connectivity index (χ1) is 9.61. The quantitative estimate of drug-likeness (QED) is 0.706. The molecule has 0 spiro atoms. The van der Waals surface area contributed by atoms with E-state index in [1.54, 1.807) is 6.07 Å². The van der Waals surface area contributed by atoms with Gasteiger partial charge in [0.1, 0.15) is 5.52 Å². The smallest absolute Gasteiger partial charge is 0.296 e. The largest absolute Gasteiger partial charge is 0.423 e. The van der Waals surface area contributed by atoms with E-state index in [4.69, 9.17) is 10.2 Å². The zero-order valence-electron chi connectivity index (χ0n) is 11.6. The number of fused-ring (bicyclic) bond motifs is 1. The molecule has 0 fully saturated rings. The molecule has 0 saturated carbocycles. The highest BCUT2D eigenvalue weighted by atomic mass is 16.4. The lowest BCUT2D eigenvalue weighted by Gasteiger charge is -2.12. The van der Waals surface area contributed by atoms with E-state index in [1.807, 2.05) is 12.1 Å². The van der Waals surface area contributed by atoms with Crippen LogP contribution in [0.25, 0.3) is 11.1 Å². The fourth-order valence-electron chi connectivity index (χ4n) is 2.13. The van der Waals surface area contributed by atoms with Crippen LogP contribution in [-0.4, -0.2) is 4.98 Å². The summed E-state index contributed by atoms with van der Waals surface area (Å²) in [5.74, 6) is 0. The molecule has 1 unspecified atom stereocenters. The second-order valence-electron chi connectivity index (χ2n) is 5.02. The molecule has 2 aromatic carbocycles. The van der Waals surface area contributed by atoms with Crippen molar-refractivity contribution in [3.63, 3.8) is 0 Å². The Labute approximate surface area is 117 Å². The van der Waals surface area contributed by atoms with Crippen molar-refractivity contribution in [2.75, 3.05) is 11.1 Å². The predicted octanol–water partition coefficient (Wildman–Crippen LogP) is 3.89. The van der Waals surface area contributed by atoms with Crippen molar-refractivity contribution < 1.29 is 4.42 Å². The van der Waals surface area contributed by atoms with Gasteiger partial charge in [-0.2, -0.15) is 4.98 Å². The standard InChI is InChI=1S/C16H17N3O/c1-10-3-5-12(6-4-10)11(2)18-16-19-14-8-7-13(17)9-15(14)20-16/h3-9,11H,17H2,1-2H3,(H,18,19). The van der Waals surface area contributed by atoms with Crippen molar-refractivity contribution in [3.05, 3.63) is 53.6 Å². The average Bonchev–Trinajstić information content (AvgIpc) is 2.80. The van der Waals surface area contributed by atoms with Gasteiger partial charge in [-0.05, 0) is 31.5 Å². The number of nitrogen functional groups attached to an aromatic ring is 1. The Morgan fingerprint density at radius 3 is 2.65 bits per heavy atom. The molecule has 0 aliphatic heterocycles. The summed E-state index contributed by atoms with van der Waals surface area (Å²) in [5, 5.41) is 3.27. The van der Waals surface area contributed by atoms with Gasteiger partial charge in [0.05, 0.1) is 6.04 Å². The maximum atomic E-state index is 5.73. The number of nitrogens with one attached hydrogen (secondary N) is 1. The van der Waals surface area contributed by atoms with Crippen molar-refractivity contribution in [1.29, 1.82) is 0 Å². The fourth-order valence-corrected chi connectivity index (χ4v) is 2.13. The summed E-state index contributed by atoms with van der Waals surface area (Å²) >= 11 is 0. The van der Waals surface area contributed by atoms with Crippen LogP contribution in [0.2, 0.25) is 0 Å². The normalized spacial score (nSPS) is 12.5. The first-order valence-corrected chi connectivity index (χ1v) is 6.61. The van der Waals surface area contributed by atoms with Gasteiger partial charge in [-0.1, -0.05) is 29.8 Å².